The highest BCUT2D eigenvalue weighted by Crippen LogP contribution is 2.33. The van der Waals surface area contributed by atoms with Crippen molar-refractivity contribution in [2.45, 2.75) is 52.5 Å². The summed E-state index contributed by atoms with van der Waals surface area (Å²) >= 11 is 0. The van der Waals surface area contributed by atoms with Crippen molar-refractivity contribution in [2.24, 2.45) is 5.41 Å². The molecule has 1 atom stereocenters. The number of aliphatic hydroxyl groups is 1. The molecule has 1 N–H and O–H groups in total. The van der Waals surface area contributed by atoms with Crippen molar-refractivity contribution in [1.29, 1.82) is 0 Å². The number of hydrogen-bond donors (Lipinski definition) is 1. The normalized spacial score (nSPS) is 21.4. The van der Waals surface area contributed by atoms with E-state index in [1.807, 2.05) is 29.5 Å². The average molecular weight is 319 g/mol. The van der Waals surface area contributed by atoms with Gasteiger partial charge >= 0.3 is 0 Å². The molecule has 1 saturated heterocycles. The molecule has 0 radical (unpaired) electrons. The second-order valence-electron chi connectivity index (χ2n) is 6.82. The van der Waals surface area contributed by atoms with Gasteiger partial charge < -0.3 is 10.0 Å². The van der Waals surface area contributed by atoms with Crippen molar-refractivity contribution in [3.8, 4) is 0 Å². The molecule has 5 nitrogen and oxygen atoms in total. The lowest BCUT2D eigenvalue weighted by Crippen LogP contribution is -2.47. The van der Waals surface area contributed by atoms with Gasteiger partial charge in [-0.2, -0.15) is 5.10 Å². The second kappa shape index (κ2) is 7.77. The molecule has 0 spiro atoms. The number of aliphatic hydroxyl groups excluding tert-OH is 1. The second-order valence-corrected chi connectivity index (χ2v) is 6.82. The molecular formula is C18H29N3O2. The first-order valence-electron chi connectivity index (χ1n) is 8.50. The predicted octanol–water partition coefficient (Wildman–Crippen LogP) is 2.46. The lowest BCUT2D eigenvalue weighted by Gasteiger charge is -2.41. The number of aryl methyl sites for hydroxylation is 3. The SMILES string of the molecule is C=CC[C@@]1(CO)CCCN(C(=O)CCCn2nc(C)cc2C)C1. The van der Waals surface area contributed by atoms with Crippen LogP contribution in [0.15, 0.2) is 18.7 Å². The highest BCUT2D eigenvalue weighted by atomic mass is 16.3. The molecule has 0 bridgehead atoms. The van der Waals surface area contributed by atoms with Crippen LogP contribution in [0, 0.1) is 19.3 Å². The van der Waals surface area contributed by atoms with Gasteiger partial charge in [0.05, 0.1) is 12.3 Å². The Bertz CT molecular complexity index is 552. The lowest BCUT2D eigenvalue weighted by molar-refractivity contribution is -0.135. The van der Waals surface area contributed by atoms with Gasteiger partial charge in [-0.25, -0.2) is 0 Å². The Labute approximate surface area is 139 Å². The molecule has 0 aromatic carbocycles. The van der Waals surface area contributed by atoms with Crippen molar-refractivity contribution in [1.82, 2.24) is 14.7 Å². The number of rotatable bonds is 7. The molecule has 0 unspecified atom stereocenters. The fourth-order valence-electron chi connectivity index (χ4n) is 3.53. The molecule has 1 amide bonds. The van der Waals surface area contributed by atoms with Gasteiger partial charge in [0.2, 0.25) is 5.91 Å². The molecule has 1 aliphatic heterocycles. The first kappa shape index (κ1) is 17.7. The van der Waals surface area contributed by atoms with E-state index < -0.39 is 0 Å². The smallest absolute Gasteiger partial charge is 0.222 e. The van der Waals surface area contributed by atoms with Crippen LogP contribution in [0.25, 0.3) is 0 Å². The molecule has 128 valence electrons. The molecule has 1 fully saturated rings. The van der Waals surface area contributed by atoms with Crippen LogP contribution in [-0.4, -0.2) is 45.4 Å². The molecule has 2 heterocycles. The van der Waals surface area contributed by atoms with Crippen LogP contribution >= 0.6 is 0 Å². The molecule has 1 aromatic heterocycles. The summed E-state index contributed by atoms with van der Waals surface area (Å²) in [6.45, 7) is 10.2. The van der Waals surface area contributed by atoms with E-state index in [0.717, 1.165) is 50.2 Å². The van der Waals surface area contributed by atoms with Crippen molar-refractivity contribution in [2.75, 3.05) is 19.7 Å². The highest BCUT2D eigenvalue weighted by molar-refractivity contribution is 5.76. The highest BCUT2D eigenvalue weighted by Gasteiger charge is 2.35. The van der Waals surface area contributed by atoms with Gasteiger partial charge in [-0.3, -0.25) is 9.48 Å². The maximum atomic E-state index is 12.5. The van der Waals surface area contributed by atoms with Gasteiger partial charge in [-0.1, -0.05) is 6.08 Å². The van der Waals surface area contributed by atoms with Gasteiger partial charge in [0.1, 0.15) is 0 Å². The predicted molar refractivity (Wildman–Crippen MR) is 91.1 cm³/mol. The average Bonchev–Trinajstić information content (AvgIpc) is 2.85. The summed E-state index contributed by atoms with van der Waals surface area (Å²) in [5.74, 6) is 0.188. The third kappa shape index (κ3) is 4.44. The van der Waals surface area contributed by atoms with E-state index in [1.165, 1.54) is 0 Å². The Hall–Kier alpha value is -1.62. The zero-order valence-corrected chi connectivity index (χ0v) is 14.4. The molecular weight excluding hydrogens is 290 g/mol. The van der Waals surface area contributed by atoms with Gasteiger partial charge in [0.25, 0.3) is 0 Å². The van der Waals surface area contributed by atoms with E-state index in [4.69, 9.17) is 0 Å². The number of nitrogens with zero attached hydrogens (tertiary/aromatic N) is 3. The summed E-state index contributed by atoms with van der Waals surface area (Å²) in [6.07, 6.45) is 5.87. The van der Waals surface area contributed by atoms with Crippen LogP contribution in [0.2, 0.25) is 0 Å². The summed E-state index contributed by atoms with van der Waals surface area (Å²) in [7, 11) is 0. The summed E-state index contributed by atoms with van der Waals surface area (Å²) in [5.41, 5.74) is 1.96. The van der Waals surface area contributed by atoms with Crippen molar-refractivity contribution >= 4 is 5.91 Å². The minimum absolute atomic E-state index is 0.120. The molecule has 5 heteroatoms. The quantitative estimate of drug-likeness (QED) is 0.785. The van der Waals surface area contributed by atoms with Crippen molar-refractivity contribution in [3.63, 3.8) is 0 Å². The summed E-state index contributed by atoms with van der Waals surface area (Å²) in [4.78, 5) is 14.4. The van der Waals surface area contributed by atoms with Crippen LogP contribution in [0.5, 0.6) is 0 Å². The Morgan fingerprint density at radius 2 is 2.30 bits per heavy atom. The van der Waals surface area contributed by atoms with Crippen LogP contribution in [-0.2, 0) is 11.3 Å². The summed E-state index contributed by atoms with van der Waals surface area (Å²) < 4.78 is 1.97. The minimum Gasteiger partial charge on any atom is -0.396 e. The van der Waals surface area contributed by atoms with Gasteiger partial charge in [-0.05, 0) is 45.6 Å². The largest absolute Gasteiger partial charge is 0.396 e. The fraction of sp³-hybridized carbons (Fsp3) is 0.667. The monoisotopic (exact) mass is 319 g/mol. The number of piperidine rings is 1. The van der Waals surface area contributed by atoms with E-state index in [1.54, 1.807) is 0 Å². The van der Waals surface area contributed by atoms with Gasteiger partial charge in [0, 0.05) is 37.2 Å². The van der Waals surface area contributed by atoms with Crippen molar-refractivity contribution < 1.29 is 9.90 Å². The third-order valence-corrected chi connectivity index (χ3v) is 4.79. The Kier molecular flexibility index (Phi) is 5.99. The zero-order valence-electron chi connectivity index (χ0n) is 14.4. The number of likely N-dealkylation sites (tertiary alicyclic amines) is 1. The maximum Gasteiger partial charge on any atom is 0.222 e. The Morgan fingerprint density at radius 1 is 1.52 bits per heavy atom. The van der Waals surface area contributed by atoms with Gasteiger partial charge in [0.15, 0.2) is 0 Å². The van der Waals surface area contributed by atoms with E-state index in [0.29, 0.717) is 13.0 Å². The third-order valence-electron chi connectivity index (χ3n) is 4.79. The van der Waals surface area contributed by atoms with E-state index in [2.05, 4.69) is 17.7 Å². The molecule has 23 heavy (non-hydrogen) atoms. The number of amides is 1. The molecule has 2 rings (SSSR count). The topological polar surface area (TPSA) is 58.4 Å². The molecule has 1 aliphatic rings. The number of aromatic nitrogens is 2. The first-order chi connectivity index (χ1) is 11.0. The van der Waals surface area contributed by atoms with Crippen LogP contribution < -0.4 is 0 Å². The Morgan fingerprint density at radius 3 is 2.91 bits per heavy atom. The number of hydrogen-bond acceptors (Lipinski definition) is 3. The first-order valence-corrected chi connectivity index (χ1v) is 8.50. The van der Waals surface area contributed by atoms with E-state index >= 15 is 0 Å². The minimum atomic E-state index is -0.189. The molecule has 0 aliphatic carbocycles. The lowest BCUT2D eigenvalue weighted by atomic mass is 9.77. The fourth-order valence-corrected chi connectivity index (χ4v) is 3.53. The van der Waals surface area contributed by atoms with Crippen LogP contribution in [0.1, 0.15) is 43.5 Å². The van der Waals surface area contributed by atoms with Crippen LogP contribution in [0.3, 0.4) is 0 Å². The Balaban J connectivity index is 1.85. The van der Waals surface area contributed by atoms with Crippen molar-refractivity contribution in [3.05, 3.63) is 30.1 Å². The van der Waals surface area contributed by atoms with Gasteiger partial charge in [-0.15, -0.1) is 6.58 Å². The van der Waals surface area contributed by atoms with Crippen LogP contribution in [0.4, 0.5) is 0 Å². The number of carbonyl (C=O) groups excluding carboxylic acids is 1. The summed E-state index contributed by atoms with van der Waals surface area (Å²) in [5, 5.41) is 14.2. The molecule has 0 saturated carbocycles. The zero-order chi connectivity index (χ0) is 16.9. The number of allylic oxidation sites excluding steroid dienone is 1. The summed E-state index contributed by atoms with van der Waals surface area (Å²) in [6, 6.07) is 2.05. The molecule has 1 aromatic rings. The number of carbonyl (C=O) groups is 1. The van der Waals surface area contributed by atoms with E-state index in [9.17, 15) is 9.90 Å². The standard InChI is InChI=1S/C18H29N3O2/c1-4-8-18(14-22)9-6-10-20(13-18)17(23)7-5-11-21-16(3)12-15(2)19-21/h4,12,22H,1,5-11,13-14H2,2-3H3/t18-/m1/s1. The maximum absolute atomic E-state index is 12.5. The van der Waals surface area contributed by atoms with E-state index in [-0.39, 0.29) is 17.9 Å².